The lowest BCUT2D eigenvalue weighted by Gasteiger charge is -2.07. The van der Waals surface area contributed by atoms with E-state index in [1.807, 2.05) is 0 Å². The second-order valence-corrected chi connectivity index (χ2v) is 2.52. The molecule has 0 saturated heterocycles. The first-order chi connectivity index (χ1) is 6.45. The van der Waals surface area contributed by atoms with Gasteiger partial charge in [0.15, 0.2) is 0 Å². The number of carboxylic acid groups (broad SMARTS) is 1. The zero-order chi connectivity index (χ0) is 11.1. The van der Waals surface area contributed by atoms with Crippen molar-refractivity contribution >= 4 is 18.0 Å². The van der Waals surface area contributed by atoms with Crippen molar-refractivity contribution in [2.45, 2.75) is 6.92 Å². The van der Waals surface area contributed by atoms with Crippen LogP contribution in [0.15, 0.2) is 0 Å². The second-order valence-electron chi connectivity index (χ2n) is 2.52. The fourth-order valence-corrected chi connectivity index (χ4v) is 0.591. The Balaban J connectivity index is 3.64. The summed E-state index contributed by atoms with van der Waals surface area (Å²) in [5, 5.41) is 10.7. The van der Waals surface area contributed by atoms with Crippen molar-refractivity contribution in [1.82, 2.24) is 5.32 Å². The van der Waals surface area contributed by atoms with Crippen molar-refractivity contribution in [3.8, 4) is 0 Å². The van der Waals surface area contributed by atoms with Gasteiger partial charge in [-0.3, -0.25) is 9.59 Å². The van der Waals surface area contributed by atoms with Crippen LogP contribution < -0.4 is 11.1 Å². The number of hydrogen-bond acceptors (Lipinski definition) is 4. The molecule has 1 atom stereocenters. The van der Waals surface area contributed by atoms with Gasteiger partial charge in [0, 0.05) is 0 Å². The smallest absolute Gasteiger partial charge is 0.404 e. The molecule has 0 aliphatic carbocycles. The van der Waals surface area contributed by atoms with Crippen LogP contribution in [-0.2, 0) is 14.3 Å². The monoisotopic (exact) mass is 204 g/mol. The van der Waals surface area contributed by atoms with Crippen LogP contribution in [0.3, 0.4) is 0 Å². The summed E-state index contributed by atoms with van der Waals surface area (Å²) in [4.78, 5) is 31.4. The molecule has 0 aliphatic rings. The summed E-state index contributed by atoms with van der Waals surface area (Å²) >= 11 is 0. The highest BCUT2D eigenvalue weighted by atomic mass is 16.5. The van der Waals surface area contributed by atoms with E-state index in [-0.39, 0.29) is 13.2 Å². The number of ether oxygens (including phenoxy) is 1. The number of carbonyl (C=O) groups is 3. The fourth-order valence-electron chi connectivity index (χ4n) is 0.591. The number of carbonyl (C=O) groups excluding carboxylic acids is 2. The topological polar surface area (TPSA) is 119 Å². The molecule has 0 fully saturated rings. The predicted molar refractivity (Wildman–Crippen MR) is 45.3 cm³/mol. The zero-order valence-electron chi connectivity index (χ0n) is 7.65. The number of rotatable bonds is 5. The Morgan fingerprint density at radius 3 is 2.50 bits per heavy atom. The minimum absolute atomic E-state index is 0.0411. The summed E-state index contributed by atoms with van der Waals surface area (Å²) in [6.07, 6.45) is -0.939. The van der Waals surface area contributed by atoms with Crippen molar-refractivity contribution in [2.24, 2.45) is 11.7 Å². The molecule has 0 aromatic rings. The van der Waals surface area contributed by atoms with Crippen LogP contribution in [0.25, 0.3) is 0 Å². The van der Waals surface area contributed by atoms with Gasteiger partial charge in [0.1, 0.15) is 12.5 Å². The second kappa shape index (κ2) is 5.79. The molecule has 0 spiro atoms. The SMILES string of the molecule is CC(C(=O)O)C(=O)NCCOC(N)=O. The van der Waals surface area contributed by atoms with Crippen LogP contribution in [0.1, 0.15) is 6.92 Å². The van der Waals surface area contributed by atoms with Crippen molar-refractivity contribution in [2.75, 3.05) is 13.2 Å². The van der Waals surface area contributed by atoms with E-state index in [1.54, 1.807) is 0 Å². The molecule has 0 heterocycles. The molecular formula is C7H12N2O5. The quantitative estimate of drug-likeness (QED) is 0.388. The van der Waals surface area contributed by atoms with Crippen molar-refractivity contribution in [3.63, 3.8) is 0 Å². The molecule has 7 nitrogen and oxygen atoms in total. The maximum absolute atomic E-state index is 11.0. The fraction of sp³-hybridized carbons (Fsp3) is 0.571. The van der Waals surface area contributed by atoms with Gasteiger partial charge in [-0.2, -0.15) is 0 Å². The molecule has 0 aromatic carbocycles. The maximum atomic E-state index is 11.0. The minimum atomic E-state index is -1.21. The van der Waals surface area contributed by atoms with Gasteiger partial charge in [0.2, 0.25) is 5.91 Å². The molecule has 0 rings (SSSR count). The summed E-state index contributed by atoms with van der Waals surface area (Å²) in [6.45, 7) is 1.22. The van der Waals surface area contributed by atoms with Gasteiger partial charge in [0.05, 0.1) is 6.54 Å². The first-order valence-corrected chi connectivity index (χ1v) is 3.88. The van der Waals surface area contributed by atoms with Gasteiger partial charge in [-0.15, -0.1) is 0 Å². The number of nitrogens with two attached hydrogens (primary N) is 1. The number of carboxylic acids is 1. The van der Waals surface area contributed by atoms with Gasteiger partial charge >= 0.3 is 12.1 Å². The molecule has 7 heteroatoms. The van der Waals surface area contributed by atoms with E-state index >= 15 is 0 Å². The Bertz CT molecular complexity index is 240. The van der Waals surface area contributed by atoms with E-state index in [0.717, 1.165) is 0 Å². The summed E-state index contributed by atoms with van der Waals surface area (Å²) < 4.78 is 4.31. The van der Waals surface area contributed by atoms with Crippen LogP contribution in [0.4, 0.5) is 4.79 Å². The summed E-state index contributed by atoms with van der Waals surface area (Å²) in [5.74, 6) is -2.97. The molecule has 0 saturated carbocycles. The van der Waals surface area contributed by atoms with Gasteiger partial charge < -0.3 is 20.9 Å². The van der Waals surface area contributed by atoms with E-state index in [1.165, 1.54) is 6.92 Å². The minimum Gasteiger partial charge on any atom is -0.481 e. The molecule has 2 amide bonds. The highest BCUT2D eigenvalue weighted by Crippen LogP contribution is 1.93. The number of primary amides is 1. The molecule has 0 aromatic heterocycles. The average Bonchev–Trinajstić information content (AvgIpc) is 2.10. The van der Waals surface area contributed by atoms with E-state index < -0.39 is 23.9 Å². The normalized spacial score (nSPS) is 11.5. The lowest BCUT2D eigenvalue weighted by atomic mass is 10.2. The number of amides is 2. The van der Waals surface area contributed by atoms with Crippen LogP contribution in [0.5, 0.6) is 0 Å². The Labute approximate surface area is 80.2 Å². The highest BCUT2D eigenvalue weighted by Gasteiger charge is 2.19. The Morgan fingerprint density at radius 2 is 2.07 bits per heavy atom. The molecule has 4 N–H and O–H groups in total. The molecule has 1 unspecified atom stereocenters. The summed E-state index contributed by atoms with van der Waals surface area (Å²) in [7, 11) is 0. The number of aliphatic carboxylic acids is 1. The lowest BCUT2D eigenvalue weighted by molar-refractivity contribution is -0.146. The molecular weight excluding hydrogens is 192 g/mol. The zero-order valence-corrected chi connectivity index (χ0v) is 7.65. The Kier molecular flexibility index (Phi) is 5.05. The van der Waals surface area contributed by atoms with Crippen molar-refractivity contribution < 1.29 is 24.2 Å². The first kappa shape index (κ1) is 12.2. The van der Waals surface area contributed by atoms with E-state index in [4.69, 9.17) is 5.11 Å². The standard InChI is InChI=1S/C7H12N2O5/c1-4(6(11)12)5(10)9-2-3-14-7(8)13/h4H,2-3H2,1H3,(H2,8,13)(H,9,10)(H,11,12). The lowest BCUT2D eigenvalue weighted by Crippen LogP contribution is -2.36. The van der Waals surface area contributed by atoms with Gasteiger partial charge in [-0.1, -0.05) is 0 Å². The third-order valence-electron chi connectivity index (χ3n) is 1.41. The van der Waals surface area contributed by atoms with E-state index in [0.29, 0.717) is 0 Å². The molecule has 14 heavy (non-hydrogen) atoms. The predicted octanol–water partition coefficient (Wildman–Crippen LogP) is -1.08. The number of hydrogen-bond donors (Lipinski definition) is 3. The summed E-state index contributed by atoms with van der Waals surface area (Å²) in [5.41, 5.74) is 4.65. The van der Waals surface area contributed by atoms with Crippen LogP contribution in [0, 0.1) is 5.92 Å². The largest absolute Gasteiger partial charge is 0.481 e. The summed E-state index contributed by atoms with van der Waals surface area (Å²) in [6, 6.07) is 0. The molecule has 0 aliphatic heterocycles. The molecule has 0 bridgehead atoms. The third-order valence-corrected chi connectivity index (χ3v) is 1.41. The van der Waals surface area contributed by atoms with Gasteiger partial charge in [-0.05, 0) is 6.92 Å². The average molecular weight is 204 g/mol. The maximum Gasteiger partial charge on any atom is 0.404 e. The third kappa shape index (κ3) is 4.96. The van der Waals surface area contributed by atoms with Crippen molar-refractivity contribution in [3.05, 3.63) is 0 Å². The Morgan fingerprint density at radius 1 is 1.50 bits per heavy atom. The Hall–Kier alpha value is -1.79. The van der Waals surface area contributed by atoms with E-state index in [2.05, 4.69) is 15.8 Å². The van der Waals surface area contributed by atoms with Gasteiger partial charge in [-0.25, -0.2) is 4.79 Å². The van der Waals surface area contributed by atoms with Crippen molar-refractivity contribution in [1.29, 1.82) is 0 Å². The van der Waals surface area contributed by atoms with E-state index in [9.17, 15) is 14.4 Å². The molecule has 80 valence electrons. The van der Waals surface area contributed by atoms with Crippen LogP contribution in [0.2, 0.25) is 0 Å². The van der Waals surface area contributed by atoms with Gasteiger partial charge in [0.25, 0.3) is 0 Å². The first-order valence-electron chi connectivity index (χ1n) is 3.88. The van der Waals surface area contributed by atoms with Crippen LogP contribution in [-0.4, -0.2) is 36.2 Å². The van der Waals surface area contributed by atoms with Crippen LogP contribution >= 0.6 is 0 Å². The highest BCUT2D eigenvalue weighted by molar-refractivity contribution is 5.96. The molecule has 0 radical (unpaired) electrons. The number of nitrogens with one attached hydrogen (secondary N) is 1.